The minimum Gasteiger partial charge on any atom is -0.444 e. The van der Waals surface area contributed by atoms with E-state index in [4.69, 9.17) is 9.26 Å². The molecule has 0 unspecified atom stereocenters. The molecule has 0 N–H and O–H groups in total. The Morgan fingerprint density at radius 1 is 1.43 bits per heavy atom. The molecule has 1 spiro atoms. The molecule has 1 aromatic heterocycles. The zero-order valence-electron chi connectivity index (χ0n) is 13.2. The zero-order chi connectivity index (χ0) is 15.3. The van der Waals surface area contributed by atoms with Gasteiger partial charge in [0.15, 0.2) is 5.82 Å². The Morgan fingerprint density at radius 2 is 2.14 bits per heavy atom. The second-order valence-corrected chi connectivity index (χ2v) is 7.44. The molecule has 2 fully saturated rings. The molecule has 21 heavy (non-hydrogen) atoms. The van der Waals surface area contributed by atoms with Crippen LogP contribution in [0, 0.1) is 12.3 Å². The topological polar surface area (TPSA) is 68.5 Å². The quantitative estimate of drug-likeness (QED) is 0.796. The van der Waals surface area contributed by atoms with Gasteiger partial charge in [0.25, 0.3) is 0 Å². The Morgan fingerprint density at radius 3 is 2.71 bits per heavy atom. The number of rotatable bonds is 1. The van der Waals surface area contributed by atoms with Crippen LogP contribution >= 0.6 is 0 Å². The van der Waals surface area contributed by atoms with Crippen LogP contribution in [-0.4, -0.2) is 39.8 Å². The van der Waals surface area contributed by atoms with E-state index in [1.807, 2.05) is 32.6 Å². The monoisotopic (exact) mass is 293 g/mol. The van der Waals surface area contributed by atoms with Gasteiger partial charge in [-0.05, 0) is 52.4 Å². The smallest absolute Gasteiger partial charge is 0.410 e. The Labute approximate surface area is 124 Å². The van der Waals surface area contributed by atoms with Crippen LogP contribution in [0.1, 0.15) is 57.7 Å². The van der Waals surface area contributed by atoms with Gasteiger partial charge in [0.05, 0.1) is 0 Å². The predicted molar refractivity (Wildman–Crippen MR) is 75.9 cm³/mol. The first-order chi connectivity index (χ1) is 9.76. The fourth-order valence-electron chi connectivity index (χ4n) is 3.39. The Bertz CT molecular complexity index is 541. The van der Waals surface area contributed by atoms with Crippen molar-refractivity contribution in [1.82, 2.24) is 15.0 Å². The van der Waals surface area contributed by atoms with E-state index in [-0.39, 0.29) is 11.5 Å². The van der Waals surface area contributed by atoms with Gasteiger partial charge in [0.1, 0.15) is 5.60 Å². The van der Waals surface area contributed by atoms with Gasteiger partial charge in [-0.3, -0.25) is 0 Å². The van der Waals surface area contributed by atoms with Gasteiger partial charge in [-0.2, -0.15) is 4.98 Å². The third kappa shape index (κ3) is 2.89. The lowest BCUT2D eigenvalue weighted by Gasteiger charge is -2.43. The lowest BCUT2D eigenvalue weighted by Crippen LogP contribution is -2.41. The second kappa shape index (κ2) is 4.71. The van der Waals surface area contributed by atoms with Crippen molar-refractivity contribution in [3.8, 4) is 0 Å². The summed E-state index contributed by atoms with van der Waals surface area (Å²) in [6, 6.07) is 0. The third-order valence-corrected chi connectivity index (χ3v) is 4.34. The van der Waals surface area contributed by atoms with Crippen LogP contribution in [0.4, 0.5) is 4.79 Å². The van der Waals surface area contributed by atoms with E-state index < -0.39 is 5.60 Å². The van der Waals surface area contributed by atoms with Crippen LogP contribution < -0.4 is 0 Å². The van der Waals surface area contributed by atoms with Crippen molar-refractivity contribution in [3.05, 3.63) is 11.7 Å². The summed E-state index contributed by atoms with van der Waals surface area (Å²) in [5.41, 5.74) is -0.208. The molecule has 116 valence electrons. The summed E-state index contributed by atoms with van der Waals surface area (Å²) in [6.07, 6.45) is 2.88. The molecule has 1 aliphatic heterocycles. The number of amides is 1. The molecule has 2 heterocycles. The number of carbonyl (C=O) groups excluding carboxylic acids is 1. The van der Waals surface area contributed by atoms with Crippen LogP contribution in [0.25, 0.3) is 0 Å². The highest BCUT2D eigenvalue weighted by molar-refractivity contribution is 5.68. The summed E-state index contributed by atoms with van der Waals surface area (Å²) in [4.78, 5) is 18.2. The van der Waals surface area contributed by atoms with Gasteiger partial charge in [-0.25, -0.2) is 4.79 Å². The number of nitrogens with zero attached hydrogens (tertiary/aromatic N) is 3. The molecule has 1 saturated heterocycles. The summed E-state index contributed by atoms with van der Waals surface area (Å²) in [5.74, 6) is 1.78. The molecule has 1 aromatic rings. The number of likely N-dealkylation sites (tertiary alicyclic amines) is 1. The van der Waals surface area contributed by atoms with Crippen LogP contribution in [0.3, 0.4) is 0 Å². The van der Waals surface area contributed by atoms with Crippen molar-refractivity contribution in [3.63, 3.8) is 0 Å². The van der Waals surface area contributed by atoms with E-state index in [9.17, 15) is 4.79 Å². The maximum atomic E-state index is 12.1. The molecule has 6 heteroatoms. The van der Waals surface area contributed by atoms with Crippen LogP contribution in [0.2, 0.25) is 0 Å². The normalized spacial score (nSPS) is 28.8. The first kappa shape index (κ1) is 14.4. The van der Waals surface area contributed by atoms with E-state index in [0.717, 1.165) is 38.2 Å². The molecular weight excluding hydrogens is 270 g/mol. The maximum absolute atomic E-state index is 12.1. The Kier molecular flexibility index (Phi) is 3.22. The minimum atomic E-state index is -0.434. The van der Waals surface area contributed by atoms with Crippen LogP contribution in [0.5, 0.6) is 0 Å². The highest BCUT2D eigenvalue weighted by atomic mass is 16.6. The van der Waals surface area contributed by atoms with Crippen molar-refractivity contribution >= 4 is 6.09 Å². The molecule has 1 saturated carbocycles. The maximum Gasteiger partial charge on any atom is 0.410 e. The molecule has 0 aromatic carbocycles. The molecular formula is C15H23N3O3. The summed E-state index contributed by atoms with van der Waals surface area (Å²) < 4.78 is 10.7. The van der Waals surface area contributed by atoms with Crippen molar-refractivity contribution in [1.29, 1.82) is 0 Å². The molecule has 3 rings (SSSR count). The highest BCUT2D eigenvalue weighted by Gasteiger charge is 2.51. The number of ether oxygens (including phenoxy) is 1. The first-order valence-electron chi connectivity index (χ1n) is 7.55. The molecule has 0 bridgehead atoms. The van der Waals surface area contributed by atoms with Crippen molar-refractivity contribution in [2.45, 2.75) is 58.5 Å². The van der Waals surface area contributed by atoms with Gasteiger partial charge < -0.3 is 14.2 Å². The summed E-state index contributed by atoms with van der Waals surface area (Å²) in [7, 11) is 0. The van der Waals surface area contributed by atoms with Gasteiger partial charge in [-0.15, -0.1) is 0 Å². The lowest BCUT2D eigenvalue weighted by molar-refractivity contribution is 0.0219. The average molecular weight is 293 g/mol. The molecule has 1 aliphatic carbocycles. The van der Waals surface area contributed by atoms with E-state index in [1.165, 1.54) is 0 Å². The number of hydrogen-bond donors (Lipinski definition) is 0. The summed E-state index contributed by atoms with van der Waals surface area (Å²) in [6.45, 7) is 9.09. The molecule has 6 nitrogen and oxygen atoms in total. The molecule has 2 aliphatic rings. The third-order valence-electron chi connectivity index (χ3n) is 4.34. The minimum absolute atomic E-state index is 0.198. The summed E-state index contributed by atoms with van der Waals surface area (Å²) in [5, 5.41) is 3.85. The summed E-state index contributed by atoms with van der Waals surface area (Å²) >= 11 is 0. The fourth-order valence-corrected chi connectivity index (χ4v) is 3.39. The van der Waals surface area contributed by atoms with Gasteiger partial charge in [0, 0.05) is 19.0 Å². The Hall–Kier alpha value is -1.59. The van der Waals surface area contributed by atoms with Crippen molar-refractivity contribution < 1.29 is 14.1 Å². The Balaban J connectivity index is 1.55. The number of aromatic nitrogens is 2. The molecule has 1 amide bonds. The molecule has 0 radical (unpaired) electrons. The SMILES string of the molecule is Cc1noc(C2CC3(CCN(C(=O)OC(C)(C)C)C3)C2)n1. The zero-order valence-corrected chi connectivity index (χ0v) is 13.2. The average Bonchev–Trinajstić information content (AvgIpc) is 2.90. The van der Waals surface area contributed by atoms with E-state index in [1.54, 1.807) is 0 Å². The second-order valence-electron chi connectivity index (χ2n) is 7.44. The lowest BCUT2D eigenvalue weighted by atomic mass is 9.61. The van der Waals surface area contributed by atoms with E-state index in [2.05, 4.69) is 10.1 Å². The van der Waals surface area contributed by atoms with Crippen LogP contribution in [0.15, 0.2) is 4.52 Å². The van der Waals surface area contributed by atoms with Gasteiger partial charge >= 0.3 is 6.09 Å². The standard InChI is InChI=1S/C15H23N3O3/c1-10-16-12(21-17-10)11-7-15(8-11)5-6-18(9-15)13(19)20-14(2,3)4/h11H,5-9H2,1-4H3. The van der Waals surface area contributed by atoms with Crippen LogP contribution in [-0.2, 0) is 4.74 Å². The first-order valence-corrected chi connectivity index (χ1v) is 7.55. The number of hydrogen-bond acceptors (Lipinski definition) is 5. The predicted octanol–water partition coefficient (Wildman–Crippen LogP) is 2.88. The largest absolute Gasteiger partial charge is 0.444 e. The van der Waals surface area contributed by atoms with Crippen molar-refractivity contribution in [2.75, 3.05) is 13.1 Å². The number of carbonyl (C=O) groups is 1. The fraction of sp³-hybridized carbons (Fsp3) is 0.800. The molecule has 0 atom stereocenters. The van der Waals surface area contributed by atoms with Crippen molar-refractivity contribution in [2.24, 2.45) is 5.41 Å². The van der Waals surface area contributed by atoms with E-state index >= 15 is 0 Å². The van der Waals surface area contributed by atoms with E-state index in [0.29, 0.717) is 11.7 Å². The van der Waals surface area contributed by atoms with Gasteiger partial charge in [0.2, 0.25) is 5.89 Å². The van der Waals surface area contributed by atoms with Gasteiger partial charge in [-0.1, -0.05) is 5.16 Å². The highest BCUT2D eigenvalue weighted by Crippen LogP contribution is 2.55. The number of aryl methyl sites for hydroxylation is 1.